The van der Waals surface area contributed by atoms with Gasteiger partial charge in [-0.3, -0.25) is 4.79 Å². The maximum absolute atomic E-state index is 12.5. The van der Waals surface area contributed by atoms with Gasteiger partial charge < -0.3 is 9.88 Å². The van der Waals surface area contributed by atoms with E-state index >= 15 is 0 Å². The summed E-state index contributed by atoms with van der Waals surface area (Å²) in [7, 11) is 0. The molecule has 0 unspecified atom stereocenters. The second-order valence-corrected chi connectivity index (χ2v) is 7.07. The lowest BCUT2D eigenvalue weighted by Crippen LogP contribution is -2.41. The van der Waals surface area contributed by atoms with Crippen molar-refractivity contribution in [2.45, 2.75) is 44.7 Å². The van der Waals surface area contributed by atoms with Crippen LogP contribution in [-0.2, 0) is 17.8 Å². The summed E-state index contributed by atoms with van der Waals surface area (Å²) in [6.45, 7) is 2.84. The molecule has 2 aliphatic rings. The van der Waals surface area contributed by atoms with Crippen molar-refractivity contribution in [2.24, 2.45) is 5.92 Å². The van der Waals surface area contributed by atoms with Gasteiger partial charge in [-0.2, -0.15) is 0 Å². The molecule has 23 heavy (non-hydrogen) atoms. The number of amides is 1. The first-order valence-electron chi connectivity index (χ1n) is 8.19. The summed E-state index contributed by atoms with van der Waals surface area (Å²) in [5.74, 6) is 1.65. The molecule has 0 spiro atoms. The Morgan fingerprint density at radius 1 is 1.39 bits per heavy atom. The predicted octanol–water partition coefficient (Wildman–Crippen LogP) is 3.08. The van der Waals surface area contributed by atoms with E-state index in [-0.39, 0.29) is 23.8 Å². The van der Waals surface area contributed by atoms with Gasteiger partial charge in [0.2, 0.25) is 5.91 Å². The molecule has 2 heterocycles. The summed E-state index contributed by atoms with van der Waals surface area (Å²) in [6, 6.07) is 8.04. The fourth-order valence-corrected chi connectivity index (χ4v) is 3.89. The third-order valence-corrected chi connectivity index (χ3v) is 5.24. The van der Waals surface area contributed by atoms with Gasteiger partial charge in [0.1, 0.15) is 5.82 Å². The second kappa shape index (κ2) is 5.68. The molecule has 1 aromatic heterocycles. The number of imidazole rings is 1. The number of hydrogen-bond acceptors (Lipinski definition) is 2. The number of fused-ring (bicyclic) bond motifs is 1. The molecule has 0 radical (unpaired) electrons. The Morgan fingerprint density at radius 3 is 3.04 bits per heavy atom. The third-order valence-electron chi connectivity index (χ3n) is 4.89. The molecule has 1 amide bonds. The first-order valence-corrected chi connectivity index (χ1v) is 8.57. The minimum absolute atomic E-state index is 0.0702. The van der Waals surface area contributed by atoms with Crippen LogP contribution in [0.15, 0.2) is 30.5 Å². The van der Waals surface area contributed by atoms with Gasteiger partial charge in [-0.25, -0.2) is 4.98 Å². The Morgan fingerprint density at radius 2 is 2.22 bits per heavy atom. The van der Waals surface area contributed by atoms with Crippen molar-refractivity contribution in [3.05, 3.63) is 52.6 Å². The van der Waals surface area contributed by atoms with Crippen LogP contribution in [-0.4, -0.2) is 21.5 Å². The van der Waals surface area contributed by atoms with Crippen molar-refractivity contribution >= 4 is 17.5 Å². The molecule has 1 N–H and O–H groups in total. The predicted molar refractivity (Wildman–Crippen MR) is 89.5 cm³/mol. The van der Waals surface area contributed by atoms with E-state index in [1.807, 2.05) is 31.2 Å². The van der Waals surface area contributed by atoms with Gasteiger partial charge in [0.15, 0.2) is 0 Å². The third kappa shape index (κ3) is 2.88. The second-order valence-electron chi connectivity index (χ2n) is 6.67. The largest absolute Gasteiger partial charge is 0.351 e. The molecule has 1 aromatic carbocycles. The van der Waals surface area contributed by atoms with E-state index in [1.54, 1.807) is 0 Å². The molecule has 0 bridgehead atoms. The van der Waals surface area contributed by atoms with E-state index in [4.69, 9.17) is 11.6 Å². The fraction of sp³-hybridized carbons (Fsp3) is 0.444. The van der Waals surface area contributed by atoms with E-state index in [0.29, 0.717) is 0 Å². The van der Waals surface area contributed by atoms with Crippen LogP contribution in [0.3, 0.4) is 0 Å². The highest BCUT2D eigenvalue weighted by molar-refractivity contribution is 6.31. The van der Waals surface area contributed by atoms with Gasteiger partial charge >= 0.3 is 0 Å². The van der Waals surface area contributed by atoms with Gasteiger partial charge in [0.05, 0.1) is 5.69 Å². The molecule has 120 valence electrons. The van der Waals surface area contributed by atoms with Gasteiger partial charge in [-0.1, -0.05) is 29.8 Å². The Bertz CT molecular complexity index is 754. The number of halogens is 1. The van der Waals surface area contributed by atoms with E-state index in [9.17, 15) is 4.79 Å². The molecule has 2 aromatic rings. The number of carbonyl (C=O) groups is 1. The summed E-state index contributed by atoms with van der Waals surface area (Å²) in [4.78, 5) is 17.0. The molecule has 4 nitrogen and oxygen atoms in total. The normalized spacial score (nSPS) is 25.7. The molecule has 1 aliphatic carbocycles. The van der Waals surface area contributed by atoms with E-state index in [2.05, 4.69) is 21.1 Å². The van der Waals surface area contributed by atoms with Crippen molar-refractivity contribution in [3.8, 4) is 0 Å². The lowest BCUT2D eigenvalue weighted by atomic mass is 10.1. The van der Waals surface area contributed by atoms with Crippen LogP contribution in [0.4, 0.5) is 0 Å². The van der Waals surface area contributed by atoms with Gasteiger partial charge in [-0.05, 0) is 37.3 Å². The molecule has 5 heteroatoms. The zero-order chi connectivity index (χ0) is 16.0. The quantitative estimate of drug-likeness (QED) is 0.940. The standard InChI is InChI=1S/C18H20ClN3O/c1-11-9-22-10-12(6-7-17(22)20-11)21-18(23)15-8-14(15)13-4-2-3-5-16(13)19/h2-5,9,12,14-15H,6-8,10H2,1H3,(H,21,23)/t12-,14-,15+/m0/s1. The maximum atomic E-state index is 12.5. The van der Waals surface area contributed by atoms with Gasteiger partial charge in [0.25, 0.3) is 0 Å². The van der Waals surface area contributed by atoms with Gasteiger partial charge in [0, 0.05) is 36.1 Å². The lowest BCUT2D eigenvalue weighted by molar-refractivity contribution is -0.123. The van der Waals surface area contributed by atoms with E-state index < -0.39 is 0 Å². The van der Waals surface area contributed by atoms with Crippen molar-refractivity contribution in [3.63, 3.8) is 0 Å². The highest BCUT2D eigenvalue weighted by atomic mass is 35.5. The van der Waals surface area contributed by atoms with Crippen LogP contribution in [0, 0.1) is 12.8 Å². The Balaban J connectivity index is 1.38. The SMILES string of the molecule is Cc1cn2c(n1)CC[C@H](NC(=O)[C@@H]1C[C@H]1c1ccccc1Cl)C2. The highest BCUT2D eigenvalue weighted by Crippen LogP contribution is 2.49. The van der Waals surface area contributed by atoms with Gasteiger partial charge in [-0.15, -0.1) is 0 Å². The summed E-state index contributed by atoms with van der Waals surface area (Å²) in [6.07, 6.45) is 4.86. The number of nitrogens with one attached hydrogen (secondary N) is 1. The minimum Gasteiger partial charge on any atom is -0.351 e. The van der Waals surface area contributed by atoms with Crippen molar-refractivity contribution < 1.29 is 4.79 Å². The van der Waals surface area contributed by atoms with Crippen molar-refractivity contribution in [1.29, 1.82) is 0 Å². The Hall–Kier alpha value is -1.81. The molecule has 4 rings (SSSR count). The number of rotatable bonds is 3. The molecular weight excluding hydrogens is 310 g/mol. The van der Waals surface area contributed by atoms with Crippen molar-refractivity contribution in [2.75, 3.05) is 0 Å². The lowest BCUT2D eigenvalue weighted by Gasteiger charge is -2.24. The number of benzene rings is 1. The van der Waals surface area contributed by atoms with Crippen LogP contribution in [0.1, 0.15) is 35.8 Å². The summed E-state index contributed by atoms with van der Waals surface area (Å²) in [5, 5.41) is 3.99. The molecule has 1 aliphatic heterocycles. The molecule has 1 saturated carbocycles. The summed E-state index contributed by atoms with van der Waals surface area (Å²) >= 11 is 6.24. The average Bonchev–Trinajstić information content (AvgIpc) is 3.23. The van der Waals surface area contributed by atoms with Crippen LogP contribution in [0.25, 0.3) is 0 Å². The highest BCUT2D eigenvalue weighted by Gasteiger charge is 2.45. The number of hydrogen-bond donors (Lipinski definition) is 1. The zero-order valence-corrected chi connectivity index (χ0v) is 13.9. The van der Waals surface area contributed by atoms with E-state index in [0.717, 1.165) is 47.9 Å². The van der Waals surface area contributed by atoms with Crippen LogP contribution < -0.4 is 5.32 Å². The summed E-state index contributed by atoms with van der Waals surface area (Å²) < 4.78 is 2.17. The molecule has 3 atom stereocenters. The minimum atomic E-state index is 0.0702. The summed E-state index contributed by atoms with van der Waals surface area (Å²) in [5.41, 5.74) is 2.15. The average molecular weight is 330 g/mol. The Kier molecular flexibility index (Phi) is 3.64. The molecular formula is C18H20ClN3O. The zero-order valence-electron chi connectivity index (χ0n) is 13.1. The number of nitrogens with zero attached hydrogens (tertiary/aromatic N) is 2. The van der Waals surface area contributed by atoms with E-state index in [1.165, 1.54) is 0 Å². The number of aryl methyl sites for hydroxylation is 2. The fourth-order valence-electron chi connectivity index (χ4n) is 3.62. The van der Waals surface area contributed by atoms with Crippen molar-refractivity contribution in [1.82, 2.24) is 14.9 Å². The topological polar surface area (TPSA) is 46.9 Å². The number of carbonyl (C=O) groups excluding carboxylic acids is 1. The van der Waals surface area contributed by atoms with Crippen LogP contribution in [0.2, 0.25) is 5.02 Å². The monoisotopic (exact) mass is 329 g/mol. The molecule has 1 fully saturated rings. The number of aromatic nitrogens is 2. The molecule has 0 saturated heterocycles. The first-order chi connectivity index (χ1) is 11.1. The maximum Gasteiger partial charge on any atom is 0.224 e. The Labute approximate surface area is 140 Å². The smallest absolute Gasteiger partial charge is 0.224 e. The first kappa shape index (κ1) is 14.8. The van der Waals surface area contributed by atoms with Crippen LogP contribution >= 0.6 is 11.6 Å². The van der Waals surface area contributed by atoms with Crippen LogP contribution in [0.5, 0.6) is 0 Å².